The van der Waals surface area contributed by atoms with Crippen molar-refractivity contribution < 1.29 is 24.5 Å². The van der Waals surface area contributed by atoms with Crippen molar-refractivity contribution >= 4 is 12.0 Å². The molecule has 2 N–H and O–H groups in total. The van der Waals surface area contributed by atoms with Gasteiger partial charge in [0.1, 0.15) is 6.04 Å². The highest BCUT2D eigenvalue weighted by Gasteiger charge is 2.40. The fraction of sp³-hybridized carbons (Fsp3) is 0.833. The van der Waals surface area contributed by atoms with E-state index in [2.05, 4.69) is 0 Å². The smallest absolute Gasteiger partial charge is 0.326 e. The number of rotatable bonds is 1. The third-order valence-electron chi connectivity index (χ3n) is 3.53. The lowest BCUT2D eigenvalue weighted by Crippen LogP contribution is -2.49. The van der Waals surface area contributed by atoms with Crippen LogP contribution in [0.2, 0.25) is 0 Å². The van der Waals surface area contributed by atoms with Crippen LogP contribution in [0.15, 0.2) is 0 Å². The molecule has 0 aliphatic carbocycles. The van der Waals surface area contributed by atoms with Gasteiger partial charge in [-0.25, -0.2) is 9.59 Å². The van der Waals surface area contributed by atoms with Crippen LogP contribution < -0.4 is 0 Å². The quantitative estimate of drug-likeness (QED) is 0.686. The van der Waals surface area contributed by atoms with Crippen LogP contribution in [0.3, 0.4) is 0 Å². The maximum absolute atomic E-state index is 12.4. The number of β-amino-alcohol motifs (C(OH)–C–C–N with tert-alkyl or cyclic N) is 1. The maximum atomic E-state index is 12.4. The summed E-state index contributed by atoms with van der Waals surface area (Å²) in [4.78, 5) is 26.4. The van der Waals surface area contributed by atoms with Gasteiger partial charge in [0.25, 0.3) is 0 Å². The summed E-state index contributed by atoms with van der Waals surface area (Å²) >= 11 is 0. The highest BCUT2D eigenvalue weighted by molar-refractivity contribution is 5.83. The fourth-order valence-electron chi connectivity index (χ4n) is 2.61. The molecule has 0 saturated carbocycles. The molecule has 2 rings (SSSR count). The number of carboxylic acids is 1. The van der Waals surface area contributed by atoms with Gasteiger partial charge in [-0.1, -0.05) is 0 Å². The van der Waals surface area contributed by atoms with Crippen molar-refractivity contribution in [2.24, 2.45) is 0 Å². The Morgan fingerprint density at radius 2 is 2.05 bits per heavy atom. The van der Waals surface area contributed by atoms with Crippen LogP contribution in [0.25, 0.3) is 0 Å². The highest BCUT2D eigenvalue weighted by atomic mass is 16.5. The summed E-state index contributed by atoms with van der Waals surface area (Å²) in [6, 6.07) is -1.25. The zero-order valence-electron chi connectivity index (χ0n) is 11.0. The topological polar surface area (TPSA) is 90.3 Å². The Morgan fingerprint density at radius 3 is 2.74 bits per heavy atom. The molecule has 2 aliphatic rings. The molecule has 1 unspecified atom stereocenters. The highest BCUT2D eigenvalue weighted by Crippen LogP contribution is 2.21. The van der Waals surface area contributed by atoms with Crippen molar-refractivity contribution in [2.45, 2.75) is 38.0 Å². The number of hydrogen-bond acceptors (Lipinski definition) is 4. The Morgan fingerprint density at radius 1 is 1.32 bits per heavy atom. The van der Waals surface area contributed by atoms with Gasteiger partial charge in [0, 0.05) is 32.7 Å². The summed E-state index contributed by atoms with van der Waals surface area (Å²) in [6.07, 6.45) is 0.0264. The number of carbonyl (C=O) groups excluding carboxylic acids is 1. The van der Waals surface area contributed by atoms with Crippen LogP contribution in [-0.4, -0.2) is 76.5 Å². The van der Waals surface area contributed by atoms with E-state index in [-0.39, 0.29) is 25.1 Å². The number of ether oxygens (including phenoxy) is 1. The molecule has 2 aliphatic heterocycles. The van der Waals surface area contributed by atoms with E-state index in [0.29, 0.717) is 19.7 Å². The summed E-state index contributed by atoms with van der Waals surface area (Å²) in [5.74, 6) is -1.07. The molecule has 0 aromatic carbocycles. The van der Waals surface area contributed by atoms with E-state index in [1.807, 2.05) is 6.92 Å². The van der Waals surface area contributed by atoms with Crippen molar-refractivity contribution in [1.29, 1.82) is 0 Å². The number of carboxylic acid groups (broad SMARTS) is 1. The first-order valence-electron chi connectivity index (χ1n) is 6.57. The molecule has 0 radical (unpaired) electrons. The standard InChI is InChI=1S/C12H20N2O5/c1-8-6-13(3-2-4-19-8)12(18)14-7-9(15)5-10(14)11(16)17/h8-10,15H,2-7H2,1H3,(H,16,17)/t8?,9-,10-/m0/s1. The average Bonchev–Trinajstić information content (AvgIpc) is 2.61. The van der Waals surface area contributed by atoms with E-state index in [1.54, 1.807) is 4.90 Å². The Kier molecular flexibility index (Phi) is 4.26. The van der Waals surface area contributed by atoms with E-state index in [1.165, 1.54) is 4.90 Å². The molecule has 2 heterocycles. The van der Waals surface area contributed by atoms with Gasteiger partial charge in [0.15, 0.2) is 0 Å². The number of nitrogens with zero attached hydrogens (tertiary/aromatic N) is 2. The third-order valence-corrected chi connectivity index (χ3v) is 3.53. The lowest BCUT2D eigenvalue weighted by Gasteiger charge is -2.30. The van der Waals surface area contributed by atoms with E-state index in [0.717, 1.165) is 6.42 Å². The second kappa shape index (κ2) is 5.75. The summed E-state index contributed by atoms with van der Waals surface area (Å²) in [5, 5.41) is 18.7. The van der Waals surface area contributed by atoms with Crippen LogP contribution in [0.5, 0.6) is 0 Å². The maximum Gasteiger partial charge on any atom is 0.326 e. The van der Waals surface area contributed by atoms with Gasteiger partial charge in [-0.15, -0.1) is 0 Å². The van der Waals surface area contributed by atoms with Gasteiger partial charge in [-0.2, -0.15) is 0 Å². The second-order valence-corrected chi connectivity index (χ2v) is 5.16. The normalized spacial score (nSPS) is 32.2. The molecule has 3 atom stereocenters. The minimum absolute atomic E-state index is 0.0535. The first-order valence-corrected chi connectivity index (χ1v) is 6.57. The number of carbonyl (C=O) groups is 2. The molecule has 2 amide bonds. The lowest BCUT2D eigenvalue weighted by atomic mass is 10.2. The number of urea groups is 1. The zero-order valence-corrected chi connectivity index (χ0v) is 11.0. The molecule has 19 heavy (non-hydrogen) atoms. The first-order chi connectivity index (χ1) is 8.99. The molecule has 0 aromatic heterocycles. The molecule has 2 fully saturated rings. The predicted molar refractivity (Wildman–Crippen MR) is 65.8 cm³/mol. The Labute approximate surface area is 111 Å². The summed E-state index contributed by atoms with van der Waals surface area (Å²) in [5.41, 5.74) is 0. The van der Waals surface area contributed by atoms with Gasteiger partial charge in [-0.05, 0) is 13.3 Å². The number of hydrogen-bond donors (Lipinski definition) is 2. The fourth-order valence-corrected chi connectivity index (χ4v) is 2.61. The van der Waals surface area contributed by atoms with Gasteiger partial charge < -0.3 is 24.7 Å². The molecule has 2 saturated heterocycles. The van der Waals surface area contributed by atoms with Crippen LogP contribution >= 0.6 is 0 Å². The van der Waals surface area contributed by atoms with Crippen LogP contribution in [0, 0.1) is 0 Å². The number of likely N-dealkylation sites (tertiary alicyclic amines) is 1. The van der Waals surface area contributed by atoms with Crippen LogP contribution in [0.4, 0.5) is 4.79 Å². The van der Waals surface area contributed by atoms with Crippen molar-refractivity contribution in [3.63, 3.8) is 0 Å². The van der Waals surface area contributed by atoms with Crippen molar-refractivity contribution in [2.75, 3.05) is 26.2 Å². The van der Waals surface area contributed by atoms with Gasteiger partial charge >= 0.3 is 12.0 Å². The Bertz CT molecular complexity index is 362. The Balaban J connectivity index is 2.06. The molecular weight excluding hydrogens is 252 g/mol. The monoisotopic (exact) mass is 272 g/mol. The number of aliphatic carboxylic acids is 1. The van der Waals surface area contributed by atoms with Crippen molar-refractivity contribution in [3.05, 3.63) is 0 Å². The minimum atomic E-state index is -1.07. The van der Waals surface area contributed by atoms with Gasteiger partial charge in [-0.3, -0.25) is 0 Å². The van der Waals surface area contributed by atoms with E-state index < -0.39 is 18.1 Å². The molecular formula is C12H20N2O5. The van der Waals surface area contributed by atoms with Gasteiger partial charge in [0.05, 0.1) is 12.2 Å². The van der Waals surface area contributed by atoms with E-state index in [4.69, 9.17) is 9.84 Å². The molecule has 0 spiro atoms. The van der Waals surface area contributed by atoms with Gasteiger partial charge in [0.2, 0.25) is 0 Å². The molecule has 0 bridgehead atoms. The molecule has 108 valence electrons. The average molecular weight is 272 g/mol. The van der Waals surface area contributed by atoms with E-state index >= 15 is 0 Å². The van der Waals surface area contributed by atoms with Crippen molar-refractivity contribution in [1.82, 2.24) is 9.80 Å². The van der Waals surface area contributed by atoms with Crippen LogP contribution in [0.1, 0.15) is 19.8 Å². The minimum Gasteiger partial charge on any atom is -0.480 e. The third kappa shape index (κ3) is 3.16. The SMILES string of the molecule is CC1CN(C(=O)N2C[C@@H](O)C[C@H]2C(=O)O)CCCO1. The molecule has 7 nitrogen and oxygen atoms in total. The van der Waals surface area contributed by atoms with Crippen LogP contribution in [-0.2, 0) is 9.53 Å². The lowest BCUT2D eigenvalue weighted by molar-refractivity contribution is -0.141. The number of aliphatic hydroxyl groups is 1. The summed E-state index contributed by atoms with van der Waals surface area (Å²) in [6.45, 7) is 3.59. The van der Waals surface area contributed by atoms with Crippen molar-refractivity contribution in [3.8, 4) is 0 Å². The Hall–Kier alpha value is -1.34. The first kappa shape index (κ1) is 14.1. The summed E-state index contributed by atoms with van der Waals surface area (Å²) < 4.78 is 5.46. The predicted octanol–water partition coefficient (Wildman–Crippen LogP) is -0.263. The van der Waals surface area contributed by atoms with E-state index in [9.17, 15) is 14.7 Å². The number of amides is 2. The number of aliphatic hydroxyl groups excluding tert-OH is 1. The largest absolute Gasteiger partial charge is 0.480 e. The molecule has 7 heteroatoms. The summed E-state index contributed by atoms with van der Waals surface area (Å²) in [7, 11) is 0. The second-order valence-electron chi connectivity index (χ2n) is 5.16. The zero-order chi connectivity index (χ0) is 14.0. The molecule has 0 aromatic rings.